The van der Waals surface area contributed by atoms with Crippen LogP contribution < -0.4 is 5.32 Å². The normalized spacial score (nSPS) is 10.5. The molecule has 0 aliphatic carbocycles. The molecule has 6 nitrogen and oxygen atoms in total. The Kier molecular flexibility index (Phi) is 6.47. The molecule has 1 heterocycles. The van der Waals surface area contributed by atoms with Gasteiger partial charge in [0.2, 0.25) is 0 Å². The largest absolute Gasteiger partial charge is 0.465 e. The van der Waals surface area contributed by atoms with Crippen LogP contribution in [-0.4, -0.2) is 31.6 Å². The second-order valence-corrected chi connectivity index (χ2v) is 6.01. The molecule has 130 valence electrons. The van der Waals surface area contributed by atoms with Crippen LogP contribution in [0.25, 0.3) is 6.08 Å². The number of aryl methyl sites for hydroxylation is 1. The van der Waals surface area contributed by atoms with Gasteiger partial charge in [0.05, 0.1) is 12.7 Å². The number of carbonyl (C=O) groups is 3. The molecule has 0 atom stereocenters. The summed E-state index contributed by atoms with van der Waals surface area (Å²) >= 11 is 1.49. The van der Waals surface area contributed by atoms with Gasteiger partial charge in [-0.15, -0.1) is 11.3 Å². The lowest BCUT2D eigenvalue weighted by atomic mass is 10.1. The minimum Gasteiger partial charge on any atom is -0.465 e. The number of thiophene rings is 1. The van der Waals surface area contributed by atoms with Crippen molar-refractivity contribution in [3.05, 3.63) is 57.8 Å². The molecule has 2 aromatic rings. The van der Waals surface area contributed by atoms with E-state index < -0.39 is 24.5 Å². The molecule has 0 bridgehead atoms. The first kappa shape index (κ1) is 18.4. The zero-order valence-corrected chi connectivity index (χ0v) is 14.6. The van der Waals surface area contributed by atoms with Crippen LogP contribution in [0.2, 0.25) is 0 Å². The lowest BCUT2D eigenvalue weighted by molar-refractivity contribution is -0.142. The number of ether oxygens (including phenoxy) is 2. The SMILES string of the molecule is COC(=O)c1ccc(C)c(NC(=O)COC(=O)/C=C/c2cccs2)c1. The number of hydrogen-bond acceptors (Lipinski definition) is 6. The molecule has 25 heavy (non-hydrogen) atoms. The van der Waals surface area contributed by atoms with Gasteiger partial charge in [0.25, 0.3) is 5.91 Å². The van der Waals surface area contributed by atoms with Gasteiger partial charge in [0.1, 0.15) is 0 Å². The summed E-state index contributed by atoms with van der Waals surface area (Å²) in [6.45, 7) is 1.36. The molecule has 2 rings (SSSR count). The minimum atomic E-state index is -0.608. The zero-order chi connectivity index (χ0) is 18.2. The van der Waals surface area contributed by atoms with Crippen LogP contribution >= 0.6 is 11.3 Å². The first-order valence-corrected chi connectivity index (χ1v) is 8.24. The van der Waals surface area contributed by atoms with E-state index in [4.69, 9.17) is 4.74 Å². The van der Waals surface area contributed by atoms with Crippen LogP contribution in [0.4, 0.5) is 5.69 Å². The van der Waals surface area contributed by atoms with Crippen molar-refractivity contribution in [3.8, 4) is 0 Å². The van der Waals surface area contributed by atoms with E-state index in [1.54, 1.807) is 25.1 Å². The van der Waals surface area contributed by atoms with E-state index in [0.717, 1.165) is 10.4 Å². The maximum atomic E-state index is 11.9. The first-order chi connectivity index (χ1) is 12.0. The number of benzene rings is 1. The Hall–Kier alpha value is -2.93. The Balaban J connectivity index is 1.89. The fourth-order valence-corrected chi connectivity index (χ4v) is 2.53. The van der Waals surface area contributed by atoms with Crippen molar-refractivity contribution in [2.24, 2.45) is 0 Å². The van der Waals surface area contributed by atoms with Crippen molar-refractivity contribution >= 4 is 40.9 Å². The molecule has 0 aliphatic heterocycles. The molecule has 0 saturated heterocycles. The van der Waals surface area contributed by atoms with E-state index in [-0.39, 0.29) is 0 Å². The standard InChI is InChI=1S/C18H17NO5S/c1-12-5-6-13(18(22)23-2)10-15(12)19-16(20)11-24-17(21)8-7-14-4-3-9-25-14/h3-10H,11H2,1-2H3,(H,19,20)/b8-7+. The Morgan fingerprint density at radius 1 is 1.24 bits per heavy atom. The summed E-state index contributed by atoms with van der Waals surface area (Å²) in [5, 5.41) is 4.50. The third kappa shape index (κ3) is 5.58. The third-order valence-electron chi connectivity index (χ3n) is 3.21. The van der Waals surface area contributed by atoms with E-state index >= 15 is 0 Å². The molecule has 0 fully saturated rings. The molecule has 0 radical (unpaired) electrons. The van der Waals surface area contributed by atoms with Crippen molar-refractivity contribution in [1.29, 1.82) is 0 Å². The molecule has 0 spiro atoms. The second-order valence-electron chi connectivity index (χ2n) is 5.03. The Bertz CT molecular complexity index is 796. The number of methoxy groups -OCH3 is 1. The summed E-state index contributed by atoms with van der Waals surface area (Å²) in [6, 6.07) is 8.54. The Labute approximate surface area is 149 Å². The fourth-order valence-electron chi connectivity index (χ4n) is 1.91. The number of anilines is 1. The van der Waals surface area contributed by atoms with Gasteiger partial charge in [0.15, 0.2) is 6.61 Å². The van der Waals surface area contributed by atoms with Crippen molar-refractivity contribution in [2.75, 3.05) is 19.0 Å². The van der Waals surface area contributed by atoms with Crippen LogP contribution in [0.15, 0.2) is 41.8 Å². The lowest BCUT2D eigenvalue weighted by Gasteiger charge is -2.10. The van der Waals surface area contributed by atoms with E-state index in [1.807, 2.05) is 17.5 Å². The summed E-state index contributed by atoms with van der Waals surface area (Å²) in [7, 11) is 1.28. The second kappa shape index (κ2) is 8.79. The summed E-state index contributed by atoms with van der Waals surface area (Å²) in [6.07, 6.45) is 2.89. The smallest absolute Gasteiger partial charge is 0.337 e. The maximum absolute atomic E-state index is 11.9. The molecule has 1 aromatic carbocycles. The van der Waals surface area contributed by atoms with Crippen LogP contribution in [-0.2, 0) is 19.1 Å². The van der Waals surface area contributed by atoms with Gasteiger partial charge in [0, 0.05) is 16.6 Å². The van der Waals surface area contributed by atoms with Gasteiger partial charge in [-0.05, 0) is 42.1 Å². The molecule has 0 aliphatic rings. The zero-order valence-electron chi connectivity index (χ0n) is 13.8. The molecule has 1 N–H and O–H groups in total. The highest BCUT2D eigenvalue weighted by molar-refractivity contribution is 7.10. The predicted octanol–water partition coefficient (Wildman–Crippen LogP) is 3.04. The highest BCUT2D eigenvalue weighted by atomic mass is 32.1. The van der Waals surface area contributed by atoms with Gasteiger partial charge in [-0.25, -0.2) is 9.59 Å². The van der Waals surface area contributed by atoms with Crippen molar-refractivity contribution in [1.82, 2.24) is 0 Å². The van der Waals surface area contributed by atoms with Crippen molar-refractivity contribution < 1.29 is 23.9 Å². The Morgan fingerprint density at radius 2 is 2.04 bits per heavy atom. The lowest BCUT2D eigenvalue weighted by Crippen LogP contribution is -2.20. The Morgan fingerprint density at radius 3 is 2.72 bits per heavy atom. The van der Waals surface area contributed by atoms with Crippen molar-refractivity contribution in [3.63, 3.8) is 0 Å². The molecule has 0 saturated carbocycles. The maximum Gasteiger partial charge on any atom is 0.337 e. The van der Waals surface area contributed by atoms with Gasteiger partial charge in [-0.2, -0.15) is 0 Å². The van der Waals surface area contributed by atoms with E-state index in [9.17, 15) is 14.4 Å². The minimum absolute atomic E-state index is 0.319. The average molecular weight is 359 g/mol. The number of nitrogens with one attached hydrogen (secondary N) is 1. The van der Waals surface area contributed by atoms with E-state index in [2.05, 4.69) is 10.1 Å². The highest BCUT2D eigenvalue weighted by Crippen LogP contribution is 2.17. The first-order valence-electron chi connectivity index (χ1n) is 7.36. The summed E-state index contributed by atoms with van der Waals surface area (Å²) in [5.74, 6) is -1.60. The molecule has 1 aromatic heterocycles. The number of hydrogen-bond donors (Lipinski definition) is 1. The fraction of sp³-hybridized carbons (Fsp3) is 0.167. The van der Waals surface area contributed by atoms with Crippen molar-refractivity contribution in [2.45, 2.75) is 6.92 Å². The predicted molar refractivity (Wildman–Crippen MR) is 95.5 cm³/mol. The van der Waals surface area contributed by atoms with Gasteiger partial charge in [-0.1, -0.05) is 12.1 Å². The van der Waals surface area contributed by atoms with E-state index in [0.29, 0.717) is 11.3 Å². The highest BCUT2D eigenvalue weighted by Gasteiger charge is 2.11. The van der Waals surface area contributed by atoms with Crippen LogP contribution in [0.5, 0.6) is 0 Å². The number of esters is 2. The third-order valence-corrected chi connectivity index (χ3v) is 4.04. The summed E-state index contributed by atoms with van der Waals surface area (Å²) in [5.41, 5.74) is 1.54. The van der Waals surface area contributed by atoms with Gasteiger partial charge in [-0.3, -0.25) is 4.79 Å². The molecule has 0 unspecified atom stereocenters. The monoisotopic (exact) mass is 359 g/mol. The molecule has 7 heteroatoms. The quantitative estimate of drug-likeness (QED) is 0.633. The molecular weight excluding hydrogens is 342 g/mol. The van der Waals surface area contributed by atoms with Gasteiger partial charge >= 0.3 is 11.9 Å². The van der Waals surface area contributed by atoms with Crippen LogP contribution in [0.3, 0.4) is 0 Å². The van der Waals surface area contributed by atoms with E-state index in [1.165, 1.54) is 30.6 Å². The van der Waals surface area contributed by atoms with Gasteiger partial charge < -0.3 is 14.8 Å². The summed E-state index contributed by atoms with van der Waals surface area (Å²) in [4.78, 5) is 36.0. The topological polar surface area (TPSA) is 81.7 Å². The number of rotatable bonds is 6. The molecular formula is C18H17NO5S. The van der Waals surface area contributed by atoms with Crippen LogP contribution in [0.1, 0.15) is 20.8 Å². The summed E-state index contributed by atoms with van der Waals surface area (Å²) < 4.78 is 9.53. The molecule has 1 amide bonds. The average Bonchev–Trinajstić information content (AvgIpc) is 3.13. The number of carbonyl (C=O) groups excluding carboxylic acids is 3. The van der Waals surface area contributed by atoms with Crippen LogP contribution in [0, 0.1) is 6.92 Å². The number of amides is 1.